The summed E-state index contributed by atoms with van der Waals surface area (Å²) in [7, 11) is 4.33. The van der Waals surface area contributed by atoms with Crippen LogP contribution in [0.2, 0.25) is 0 Å². The maximum absolute atomic E-state index is 4.03. The number of rotatable bonds is 4. The minimum absolute atomic E-state index is 0.652. The van der Waals surface area contributed by atoms with Crippen molar-refractivity contribution in [2.75, 3.05) is 14.1 Å². The molecule has 1 aromatic heterocycles. The molecule has 0 aliphatic heterocycles. The molecule has 1 fully saturated rings. The van der Waals surface area contributed by atoms with Gasteiger partial charge < -0.3 is 10.2 Å². The lowest BCUT2D eigenvalue weighted by atomic mass is 10.2. The van der Waals surface area contributed by atoms with Gasteiger partial charge >= 0.3 is 0 Å². The smallest absolute Gasteiger partial charge is 0.0893 e. The fourth-order valence-electron chi connectivity index (χ4n) is 2.12. The normalized spacial score (nSPS) is 26.3. The summed E-state index contributed by atoms with van der Waals surface area (Å²) in [5.74, 6) is 0. The van der Waals surface area contributed by atoms with Gasteiger partial charge in [-0.2, -0.15) is 0 Å². The van der Waals surface area contributed by atoms with E-state index in [1.165, 1.54) is 30.8 Å². The lowest BCUT2D eigenvalue weighted by Gasteiger charge is -2.19. The highest BCUT2D eigenvalue weighted by atomic mass is 32.1. The quantitative estimate of drug-likeness (QED) is 0.835. The van der Waals surface area contributed by atoms with Crippen LogP contribution in [0.15, 0.2) is 5.38 Å². The van der Waals surface area contributed by atoms with Gasteiger partial charge in [-0.25, -0.2) is 0 Å². The summed E-state index contributed by atoms with van der Waals surface area (Å²) in [4.78, 5) is 2.33. The number of hydrogen-bond donors (Lipinski definition) is 1. The Hall–Kier alpha value is -0.520. The molecule has 1 heterocycles. The summed E-state index contributed by atoms with van der Waals surface area (Å²) >= 11 is 1.42. The third-order valence-electron chi connectivity index (χ3n) is 3.11. The van der Waals surface area contributed by atoms with E-state index < -0.39 is 0 Å². The third kappa shape index (κ3) is 2.96. The highest BCUT2D eigenvalue weighted by Gasteiger charge is 2.25. The average molecular weight is 226 g/mol. The molecule has 1 aliphatic carbocycles. The molecule has 2 rings (SSSR count). The van der Waals surface area contributed by atoms with E-state index in [0.717, 1.165) is 18.3 Å². The Morgan fingerprint density at radius 1 is 1.53 bits per heavy atom. The first-order valence-electron chi connectivity index (χ1n) is 5.41. The van der Waals surface area contributed by atoms with Gasteiger partial charge in [-0.15, -0.1) is 5.10 Å². The summed E-state index contributed by atoms with van der Waals surface area (Å²) < 4.78 is 3.85. The Morgan fingerprint density at radius 3 is 3.00 bits per heavy atom. The van der Waals surface area contributed by atoms with Crippen LogP contribution in [0.5, 0.6) is 0 Å². The van der Waals surface area contributed by atoms with Gasteiger partial charge in [0.05, 0.1) is 5.69 Å². The maximum Gasteiger partial charge on any atom is 0.0893 e. The van der Waals surface area contributed by atoms with Crippen LogP contribution in [0.4, 0.5) is 0 Å². The summed E-state index contributed by atoms with van der Waals surface area (Å²) in [6.45, 7) is 0.862. The molecule has 0 spiro atoms. The van der Waals surface area contributed by atoms with Crippen molar-refractivity contribution in [1.29, 1.82) is 0 Å². The van der Waals surface area contributed by atoms with Crippen LogP contribution in [0.3, 0.4) is 0 Å². The second kappa shape index (κ2) is 5.01. The van der Waals surface area contributed by atoms with Crippen LogP contribution in [-0.4, -0.2) is 40.7 Å². The Bertz CT molecular complexity index is 286. The predicted octanol–water partition coefficient (Wildman–Crippen LogP) is 1.11. The molecule has 4 nitrogen and oxygen atoms in total. The zero-order valence-electron chi connectivity index (χ0n) is 9.31. The van der Waals surface area contributed by atoms with Crippen molar-refractivity contribution in [3.8, 4) is 0 Å². The molecule has 0 amide bonds. The molecule has 2 atom stereocenters. The monoisotopic (exact) mass is 226 g/mol. The van der Waals surface area contributed by atoms with Crippen LogP contribution in [-0.2, 0) is 6.54 Å². The molecule has 1 N–H and O–H groups in total. The fourth-order valence-corrected chi connectivity index (χ4v) is 2.57. The van der Waals surface area contributed by atoms with E-state index in [2.05, 4.69) is 33.9 Å². The van der Waals surface area contributed by atoms with E-state index in [9.17, 15) is 0 Å². The van der Waals surface area contributed by atoms with E-state index >= 15 is 0 Å². The molecule has 1 saturated carbocycles. The average Bonchev–Trinajstić information content (AvgIpc) is 2.86. The topological polar surface area (TPSA) is 41.0 Å². The zero-order chi connectivity index (χ0) is 10.7. The predicted molar refractivity (Wildman–Crippen MR) is 61.9 cm³/mol. The molecule has 0 radical (unpaired) electrons. The third-order valence-corrected chi connectivity index (χ3v) is 3.67. The summed E-state index contributed by atoms with van der Waals surface area (Å²) in [5, 5.41) is 9.58. The number of nitrogens with one attached hydrogen (secondary N) is 1. The van der Waals surface area contributed by atoms with E-state index in [0.29, 0.717) is 6.04 Å². The molecule has 1 aliphatic rings. The van der Waals surface area contributed by atoms with E-state index in [-0.39, 0.29) is 0 Å². The van der Waals surface area contributed by atoms with Crippen molar-refractivity contribution in [2.24, 2.45) is 0 Å². The number of aromatic nitrogens is 2. The standard InChI is InChI=1S/C10H18N4S/c1-14(2)10-4-3-8(5-10)11-6-9-7-15-13-12-9/h7-8,10-11H,3-6H2,1-2H3. The highest BCUT2D eigenvalue weighted by Crippen LogP contribution is 2.22. The Morgan fingerprint density at radius 2 is 2.40 bits per heavy atom. The first kappa shape index (κ1) is 11.0. The second-order valence-corrected chi connectivity index (χ2v) is 5.01. The number of hydrogen-bond acceptors (Lipinski definition) is 5. The minimum Gasteiger partial charge on any atom is -0.308 e. The lowest BCUT2D eigenvalue weighted by molar-refractivity contribution is 0.293. The molecule has 15 heavy (non-hydrogen) atoms. The Kier molecular flexibility index (Phi) is 3.66. The Labute approximate surface area is 94.8 Å². The molecule has 0 bridgehead atoms. The van der Waals surface area contributed by atoms with Crippen LogP contribution >= 0.6 is 11.5 Å². The van der Waals surface area contributed by atoms with Gasteiger partial charge in [0, 0.05) is 24.0 Å². The van der Waals surface area contributed by atoms with Crippen LogP contribution in [0.25, 0.3) is 0 Å². The van der Waals surface area contributed by atoms with E-state index in [4.69, 9.17) is 0 Å². The summed E-state index contributed by atoms with van der Waals surface area (Å²) in [6.07, 6.45) is 3.84. The van der Waals surface area contributed by atoms with Gasteiger partial charge in [-0.05, 0) is 44.9 Å². The van der Waals surface area contributed by atoms with Crippen LogP contribution in [0.1, 0.15) is 25.0 Å². The minimum atomic E-state index is 0.652. The maximum atomic E-state index is 4.03. The molecule has 0 saturated heterocycles. The van der Waals surface area contributed by atoms with Gasteiger partial charge in [0.25, 0.3) is 0 Å². The molecule has 5 heteroatoms. The van der Waals surface area contributed by atoms with Gasteiger partial charge in [-0.1, -0.05) is 4.49 Å². The van der Waals surface area contributed by atoms with Crippen molar-refractivity contribution < 1.29 is 0 Å². The summed E-state index contributed by atoms with van der Waals surface area (Å²) in [5.41, 5.74) is 1.06. The first-order valence-corrected chi connectivity index (χ1v) is 6.25. The van der Waals surface area contributed by atoms with Gasteiger partial charge in [0.2, 0.25) is 0 Å². The second-order valence-electron chi connectivity index (χ2n) is 4.40. The van der Waals surface area contributed by atoms with Gasteiger partial charge in [0.1, 0.15) is 0 Å². The molecule has 84 valence electrons. The van der Waals surface area contributed by atoms with Gasteiger partial charge in [0.15, 0.2) is 0 Å². The van der Waals surface area contributed by atoms with Crippen molar-refractivity contribution in [3.05, 3.63) is 11.1 Å². The van der Waals surface area contributed by atoms with Crippen LogP contribution in [0, 0.1) is 0 Å². The van der Waals surface area contributed by atoms with Crippen molar-refractivity contribution >= 4 is 11.5 Å². The molecule has 0 aromatic carbocycles. The van der Waals surface area contributed by atoms with Crippen molar-refractivity contribution in [1.82, 2.24) is 19.8 Å². The lowest BCUT2D eigenvalue weighted by Crippen LogP contribution is -2.30. The fraction of sp³-hybridized carbons (Fsp3) is 0.800. The SMILES string of the molecule is CN(C)C1CCC(NCc2csnn2)C1. The van der Waals surface area contributed by atoms with Crippen molar-refractivity contribution in [3.63, 3.8) is 0 Å². The first-order chi connectivity index (χ1) is 7.25. The largest absolute Gasteiger partial charge is 0.308 e. The molecular weight excluding hydrogens is 208 g/mol. The zero-order valence-corrected chi connectivity index (χ0v) is 10.1. The number of nitrogens with zero attached hydrogens (tertiary/aromatic N) is 3. The Balaban J connectivity index is 1.73. The summed E-state index contributed by atoms with van der Waals surface area (Å²) in [6, 6.07) is 1.40. The van der Waals surface area contributed by atoms with Gasteiger partial charge in [-0.3, -0.25) is 0 Å². The highest BCUT2D eigenvalue weighted by molar-refractivity contribution is 7.03. The van der Waals surface area contributed by atoms with E-state index in [1.807, 2.05) is 5.38 Å². The molecule has 1 aromatic rings. The molecular formula is C10H18N4S. The molecule has 2 unspecified atom stereocenters. The van der Waals surface area contributed by atoms with Crippen LogP contribution < -0.4 is 5.32 Å². The van der Waals surface area contributed by atoms with E-state index in [1.54, 1.807) is 0 Å². The van der Waals surface area contributed by atoms with Crippen molar-refractivity contribution in [2.45, 2.75) is 37.9 Å².